The predicted molar refractivity (Wildman–Crippen MR) is 36.1 cm³/mol. The highest BCUT2D eigenvalue weighted by molar-refractivity contribution is 5.25. The van der Waals surface area contributed by atoms with Gasteiger partial charge in [0.15, 0.2) is 0 Å². The second kappa shape index (κ2) is 2.25. The molecule has 0 amide bonds. The molecular weight excluding hydrogens is 130 g/mol. The maximum absolute atomic E-state index is 5.25. The molecule has 1 aliphatic heterocycles. The van der Waals surface area contributed by atoms with Crippen LogP contribution in [0.1, 0.15) is 12.8 Å². The van der Waals surface area contributed by atoms with Crippen molar-refractivity contribution in [3.05, 3.63) is 11.3 Å². The normalized spacial score (nSPS) is 30.7. The summed E-state index contributed by atoms with van der Waals surface area (Å²) in [6.45, 7) is 0.702. The van der Waals surface area contributed by atoms with Crippen LogP contribution in [-0.4, -0.2) is 19.8 Å². The zero-order valence-corrected chi connectivity index (χ0v) is 6.02. The molecular formula is C7H11NO2. The van der Waals surface area contributed by atoms with Gasteiger partial charge in [0.1, 0.15) is 6.61 Å². The van der Waals surface area contributed by atoms with Gasteiger partial charge in [0.2, 0.25) is 0 Å². The Bertz CT molecular complexity index is 176. The number of nitrogens with one attached hydrogen (secondary N) is 1. The van der Waals surface area contributed by atoms with Gasteiger partial charge in [-0.15, -0.1) is 0 Å². The molecule has 1 unspecified atom stereocenters. The summed E-state index contributed by atoms with van der Waals surface area (Å²) in [5, 5.41) is 0. The van der Waals surface area contributed by atoms with Crippen LogP contribution < -0.4 is 5.48 Å². The van der Waals surface area contributed by atoms with E-state index in [0.717, 1.165) is 12.8 Å². The number of ether oxygens (including phenoxy) is 1. The van der Waals surface area contributed by atoms with Crippen molar-refractivity contribution < 1.29 is 9.57 Å². The van der Waals surface area contributed by atoms with Crippen LogP contribution in [0.4, 0.5) is 0 Å². The van der Waals surface area contributed by atoms with Gasteiger partial charge in [-0.1, -0.05) is 0 Å². The summed E-state index contributed by atoms with van der Waals surface area (Å²) in [6, 6.07) is 0. The summed E-state index contributed by atoms with van der Waals surface area (Å²) >= 11 is 0. The van der Waals surface area contributed by atoms with Gasteiger partial charge in [0, 0.05) is 18.4 Å². The van der Waals surface area contributed by atoms with Crippen molar-refractivity contribution >= 4 is 0 Å². The van der Waals surface area contributed by atoms with Gasteiger partial charge in [-0.2, -0.15) is 0 Å². The largest absolute Gasteiger partial charge is 0.377 e. The molecule has 0 fully saturated rings. The van der Waals surface area contributed by atoms with Crippen molar-refractivity contribution in [3.8, 4) is 0 Å². The smallest absolute Gasteiger partial charge is 0.100 e. The standard InChI is InChI=1S/C7H11NO2/c1-9-7-3-2-6-5(7)4-10-8-6/h7-8H,2-4H2,1H3. The van der Waals surface area contributed by atoms with Crippen molar-refractivity contribution in [1.29, 1.82) is 0 Å². The summed E-state index contributed by atoms with van der Waals surface area (Å²) in [6.07, 6.45) is 2.50. The first-order chi connectivity index (χ1) is 4.92. The Morgan fingerprint density at radius 3 is 3.40 bits per heavy atom. The fourth-order valence-corrected chi connectivity index (χ4v) is 1.56. The molecule has 2 rings (SSSR count). The molecule has 2 aliphatic rings. The minimum absolute atomic E-state index is 0.310. The molecule has 56 valence electrons. The Kier molecular flexibility index (Phi) is 1.39. The second-order valence-electron chi connectivity index (χ2n) is 2.66. The van der Waals surface area contributed by atoms with Crippen LogP contribution in [0.5, 0.6) is 0 Å². The number of hydrogen-bond donors (Lipinski definition) is 1. The van der Waals surface area contributed by atoms with E-state index in [1.165, 1.54) is 11.3 Å². The minimum atomic E-state index is 0.310. The van der Waals surface area contributed by atoms with Crippen LogP contribution in [0.15, 0.2) is 11.3 Å². The van der Waals surface area contributed by atoms with Crippen molar-refractivity contribution in [2.45, 2.75) is 18.9 Å². The Balaban J connectivity index is 2.15. The van der Waals surface area contributed by atoms with E-state index in [0.29, 0.717) is 12.7 Å². The van der Waals surface area contributed by atoms with Crippen molar-refractivity contribution in [3.63, 3.8) is 0 Å². The van der Waals surface area contributed by atoms with Crippen LogP contribution in [0.25, 0.3) is 0 Å². The van der Waals surface area contributed by atoms with E-state index in [1.54, 1.807) is 7.11 Å². The monoisotopic (exact) mass is 141 g/mol. The average molecular weight is 141 g/mol. The number of hydrogen-bond acceptors (Lipinski definition) is 3. The van der Waals surface area contributed by atoms with Gasteiger partial charge in [0.05, 0.1) is 6.10 Å². The number of allylic oxidation sites excluding steroid dienone is 1. The fourth-order valence-electron chi connectivity index (χ4n) is 1.56. The Labute approximate surface area is 60.0 Å². The number of rotatable bonds is 1. The van der Waals surface area contributed by atoms with Gasteiger partial charge >= 0.3 is 0 Å². The van der Waals surface area contributed by atoms with Crippen molar-refractivity contribution in [2.75, 3.05) is 13.7 Å². The third kappa shape index (κ3) is 0.744. The maximum atomic E-state index is 5.25. The molecule has 0 bridgehead atoms. The van der Waals surface area contributed by atoms with Crippen LogP contribution in [-0.2, 0) is 9.57 Å². The van der Waals surface area contributed by atoms with Gasteiger partial charge in [-0.05, 0) is 12.8 Å². The Morgan fingerprint density at radius 2 is 2.60 bits per heavy atom. The lowest BCUT2D eigenvalue weighted by Crippen LogP contribution is -2.12. The molecule has 1 aliphatic carbocycles. The molecule has 0 saturated heterocycles. The molecule has 10 heavy (non-hydrogen) atoms. The molecule has 0 aromatic heterocycles. The third-order valence-corrected chi connectivity index (χ3v) is 2.14. The van der Waals surface area contributed by atoms with E-state index >= 15 is 0 Å². The quantitative estimate of drug-likeness (QED) is 0.579. The van der Waals surface area contributed by atoms with E-state index < -0.39 is 0 Å². The van der Waals surface area contributed by atoms with Gasteiger partial charge in [-0.25, -0.2) is 0 Å². The number of hydroxylamine groups is 1. The summed E-state index contributed by atoms with van der Waals surface area (Å²) < 4.78 is 5.25. The van der Waals surface area contributed by atoms with Crippen LogP contribution >= 0.6 is 0 Å². The van der Waals surface area contributed by atoms with E-state index in [4.69, 9.17) is 9.57 Å². The summed E-state index contributed by atoms with van der Waals surface area (Å²) in [5.74, 6) is 0. The molecule has 1 heterocycles. The van der Waals surface area contributed by atoms with Crippen LogP contribution in [0.2, 0.25) is 0 Å². The first-order valence-electron chi connectivity index (χ1n) is 3.54. The van der Waals surface area contributed by atoms with E-state index in [1.807, 2.05) is 0 Å². The van der Waals surface area contributed by atoms with E-state index in [9.17, 15) is 0 Å². The summed E-state index contributed by atoms with van der Waals surface area (Å²) in [7, 11) is 1.75. The third-order valence-electron chi connectivity index (χ3n) is 2.14. The Hall–Kier alpha value is -0.540. The molecule has 1 atom stereocenters. The second-order valence-corrected chi connectivity index (χ2v) is 2.66. The first-order valence-corrected chi connectivity index (χ1v) is 3.54. The molecule has 0 saturated carbocycles. The van der Waals surface area contributed by atoms with Gasteiger partial charge in [-0.3, -0.25) is 10.3 Å². The van der Waals surface area contributed by atoms with Gasteiger partial charge < -0.3 is 4.74 Å². The van der Waals surface area contributed by atoms with Crippen molar-refractivity contribution in [2.24, 2.45) is 0 Å². The Morgan fingerprint density at radius 1 is 1.70 bits per heavy atom. The zero-order chi connectivity index (χ0) is 6.97. The molecule has 0 aromatic carbocycles. The molecule has 0 radical (unpaired) electrons. The molecule has 0 aromatic rings. The van der Waals surface area contributed by atoms with E-state index in [-0.39, 0.29) is 0 Å². The molecule has 0 spiro atoms. The predicted octanol–water partition coefficient (Wildman–Crippen LogP) is 0.584. The lowest BCUT2D eigenvalue weighted by Gasteiger charge is -2.08. The summed E-state index contributed by atoms with van der Waals surface area (Å²) in [5.41, 5.74) is 5.43. The molecule has 1 N–H and O–H groups in total. The van der Waals surface area contributed by atoms with Crippen molar-refractivity contribution in [1.82, 2.24) is 5.48 Å². The highest BCUT2D eigenvalue weighted by Crippen LogP contribution is 2.29. The maximum Gasteiger partial charge on any atom is 0.100 e. The van der Waals surface area contributed by atoms with Crippen LogP contribution in [0, 0.1) is 0 Å². The fraction of sp³-hybridized carbons (Fsp3) is 0.714. The lowest BCUT2D eigenvalue weighted by atomic mass is 10.2. The topological polar surface area (TPSA) is 30.5 Å². The van der Waals surface area contributed by atoms with E-state index in [2.05, 4.69) is 5.48 Å². The molecule has 3 nitrogen and oxygen atoms in total. The lowest BCUT2D eigenvalue weighted by molar-refractivity contribution is 0.0739. The highest BCUT2D eigenvalue weighted by Gasteiger charge is 2.29. The van der Waals surface area contributed by atoms with Gasteiger partial charge in [0.25, 0.3) is 0 Å². The molecule has 3 heteroatoms. The zero-order valence-electron chi connectivity index (χ0n) is 6.02. The summed E-state index contributed by atoms with van der Waals surface area (Å²) in [4.78, 5) is 5.04. The van der Waals surface area contributed by atoms with Crippen LogP contribution in [0.3, 0.4) is 0 Å². The highest BCUT2D eigenvalue weighted by atomic mass is 16.7. The average Bonchev–Trinajstić information content (AvgIpc) is 2.44. The first kappa shape index (κ1) is 6.19. The SMILES string of the molecule is COC1CCC2=C1CON2. The minimum Gasteiger partial charge on any atom is -0.377 e. The number of methoxy groups -OCH3 is 1.